The number of amidine groups is 2. The zero-order valence-electron chi connectivity index (χ0n) is 21.5. The van der Waals surface area contributed by atoms with E-state index < -0.39 is 19.8 Å². The fourth-order valence-corrected chi connectivity index (χ4v) is 4.00. The van der Waals surface area contributed by atoms with Crippen LogP contribution in [0.4, 0.5) is 11.4 Å². The maximum atomic E-state index is 12.2. The largest absolute Gasteiger partial charge is 0.0491 e. The van der Waals surface area contributed by atoms with Gasteiger partial charge in [-0.05, 0) is 30.7 Å². The van der Waals surface area contributed by atoms with Crippen LogP contribution in [-0.4, -0.2) is 29.5 Å². The molecule has 0 aromatic heterocycles. The summed E-state index contributed by atoms with van der Waals surface area (Å²) in [6.45, 7) is 3.78. The maximum absolute atomic E-state index is 12.2. The number of benzene rings is 2. The molecule has 0 aliphatic rings. The molecular weight excluding hydrogens is 535 g/mol. The first kappa shape index (κ1) is 30.3. The van der Waals surface area contributed by atoms with Gasteiger partial charge >= 0.3 is 135 Å². The van der Waals surface area contributed by atoms with Gasteiger partial charge in [0.15, 0.2) is 5.84 Å². The van der Waals surface area contributed by atoms with Crippen molar-refractivity contribution in [3.8, 4) is 0 Å². The first-order valence-electron chi connectivity index (χ1n) is 12.2. The fraction of sp³-hybridized carbons (Fsp3) is 0.346. The molecule has 0 saturated heterocycles. The molecule has 2 aromatic rings. The zero-order chi connectivity index (χ0) is 27.9. The molecule has 2 aromatic carbocycles. The van der Waals surface area contributed by atoms with Gasteiger partial charge in [0.05, 0.1) is 0 Å². The van der Waals surface area contributed by atoms with E-state index in [1.54, 1.807) is 48.5 Å². The number of carbonyl (C=O) groups excluding carboxylic acids is 3. The number of anilines is 2. The van der Waals surface area contributed by atoms with Crippen LogP contribution >= 0.6 is 0 Å². The summed E-state index contributed by atoms with van der Waals surface area (Å²) in [6.07, 6.45) is 2.36. The number of amides is 2. The quantitative estimate of drug-likeness (QED) is 0.116. The average Bonchev–Trinajstić information content (AvgIpc) is 2.88. The van der Waals surface area contributed by atoms with E-state index in [1.807, 2.05) is 13.8 Å². The molecule has 0 aliphatic heterocycles. The van der Waals surface area contributed by atoms with Crippen molar-refractivity contribution in [1.82, 2.24) is 0 Å². The van der Waals surface area contributed by atoms with E-state index in [9.17, 15) is 18.2 Å². The van der Waals surface area contributed by atoms with Gasteiger partial charge in [-0.15, -0.1) is 0 Å². The molecule has 207 valence electrons. The summed E-state index contributed by atoms with van der Waals surface area (Å²) in [7, 11) is 0. The molecular formula is C26H34CoN6O5. The standard InChI is InChI=1S/C23H27N6O4.C3H7.Co.O/c1-2-4-21(32)33-29-23(26)16-9-13-18(14-10-16)28-20(31)6-3-5-19(30)27-17-11-7-15(8-12-17)22(24)25;1-3-2;;/h7-14H,2-6H2,1H3,(H6-,24,25,26,27,28,29,30,31);1,3H2,2H3;;/q-1;;+1;. The molecule has 0 aliphatic carbocycles. The molecule has 0 radical (unpaired) electrons. The average molecular weight is 570 g/mol. The van der Waals surface area contributed by atoms with Crippen molar-refractivity contribution in [1.29, 1.82) is 0 Å². The summed E-state index contributed by atoms with van der Waals surface area (Å²) < 4.78 is 15.8. The van der Waals surface area contributed by atoms with Crippen molar-refractivity contribution in [3.63, 3.8) is 0 Å². The van der Waals surface area contributed by atoms with Gasteiger partial charge in [-0.1, -0.05) is 12.1 Å². The minimum Gasteiger partial charge on any atom is -0.0491 e. The SMILES string of the molecule is CCCC(=O)O/N=C(\N)c1ccc(NC(=O)CCCC(=O)Nc2ccc(/C(N)=[N]/[Co](=[O])[CH2]CC)cc2)cc1. The third-order valence-corrected chi connectivity index (χ3v) is 6.39. The van der Waals surface area contributed by atoms with E-state index in [-0.39, 0.29) is 42.7 Å². The second kappa shape index (κ2) is 16.0. The normalized spacial score (nSPS) is 12.0. The van der Waals surface area contributed by atoms with Gasteiger partial charge in [0, 0.05) is 17.7 Å². The Kier molecular flexibility index (Phi) is 12.8. The van der Waals surface area contributed by atoms with Crippen LogP contribution in [-0.2, 0) is 36.9 Å². The van der Waals surface area contributed by atoms with Crippen LogP contribution in [0.5, 0.6) is 0 Å². The molecule has 2 rings (SSSR count). The summed E-state index contributed by atoms with van der Waals surface area (Å²) in [4.78, 5) is 40.6. The minimum atomic E-state index is -1.69. The van der Waals surface area contributed by atoms with Crippen LogP contribution in [0.25, 0.3) is 0 Å². The molecule has 0 spiro atoms. The topological polar surface area (TPSA) is 178 Å². The number of hydrogen-bond donors (Lipinski definition) is 4. The smallest absolute Gasteiger partial charge is 0.0378 e. The molecule has 11 nitrogen and oxygen atoms in total. The van der Waals surface area contributed by atoms with Gasteiger partial charge in [-0.25, -0.2) is 4.79 Å². The molecule has 6 N–H and O–H groups in total. The predicted octanol–water partition coefficient (Wildman–Crippen LogP) is 3.81. The zero-order valence-corrected chi connectivity index (χ0v) is 22.5. The van der Waals surface area contributed by atoms with Gasteiger partial charge in [0.2, 0.25) is 0 Å². The Morgan fingerprint density at radius 1 is 0.789 bits per heavy atom. The molecule has 0 saturated carbocycles. The molecule has 0 unspecified atom stereocenters. The van der Waals surface area contributed by atoms with Gasteiger partial charge in [0.1, 0.15) is 0 Å². The van der Waals surface area contributed by atoms with Crippen LogP contribution in [0.3, 0.4) is 0 Å². The Bertz CT molecular complexity index is 1180. The second-order valence-electron chi connectivity index (χ2n) is 8.18. The molecule has 0 heterocycles. The van der Waals surface area contributed by atoms with Crippen LogP contribution in [0.1, 0.15) is 63.5 Å². The fourth-order valence-electron chi connectivity index (χ4n) is 3.02. The first-order valence-corrected chi connectivity index (χ1v) is 13.8. The molecule has 12 heteroatoms. The molecule has 2 amide bonds. The predicted molar refractivity (Wildman–Crippen MR) is 142 cm³/mol. The third kappa shape index (κ3) is 11.0. The van der Waals surface area contributed by atoms with Gasteiger partial charge in [0.25, 0.3) is 0 Å². The molecule has 0 fully saturated rings. The van der Waals surface area contributed by atoms with E-state index in [0.717, 1.165) is 6.42 Å². The Morgan fingerprint density at radius 3 is 1.76 bits per heavy atom. The van der Waals surface area contributed by atoms with E-state index in [1.165, 1.54) is 0 Å². The molecule has 38 heavy (non-hydrogen) atoms. The van der Waals surface area contributed by atoms with Crippen molar-refractivity contribution in [2.45, 2.75) is 57.7 Å². The van der Waals surface area contributed by atoms with E-state index in [4.69, 9.17) is 16.3 Å². The number of nitrogens with one attached hydrogen (secondary N) is 2. The van der Waals surface area contributed by atoms with Crippen LogP contribution < -0.4 is 22.1 Å². The second-order valence-corrected chi connectivity index (χ2v) is 9.76. The number of rotatable bonds is 14. The van der Waals surface area contributed by atoms with Crippen molar-refractivity contribution >= 4 is 40.8 Å². The maximum Gasteiger partial charge on any atom is -0.0378 e. The Labute approximate surface area is 226 Å². The van der Waals surface area contributed by atoms with Gasteiger partial charge in [-0.2, -0.15) is 0 Å². The van der Waals surface area contributed by atoms with Gasteiger partial charge in [-0.3, -0.25) is 4.79 Å². The van der Waals surface area contributed by atoms with Crippen molar-refractivity contribution < 1.29 is 36.9 Å². The van der Waals surface area contributed by atoms with Crippen molar-refractivity contribution in [2.75, 3.05) is 10.6 Å². The Morgan fingerprint density at radius 2 is 1.29 bits per heavy atom. The van der Waals surface area contributed by atoms with E-state index >= 15 is 0 Å². The number of hydrogen-bond acceptors (Lipinski definition) is 6. The van der Waals surface area contributed by atoms with E-state index in [0.29, 0.717) is 40.7 Å². The summed E-state index contributed by atoms with van der Waals surface area (Å²) in [5.41, 5.74) is 14.0. The first-order chi connectivity index (χ1) is 18.2. The van der Waals surface area contributed by atoms with Crippen LogP contribution in [0.15, 0.2) is 57.7 Å². The molecule has 0 bridgehead atoms. The summed E-state index contributed by atoms with van der Waals surface area (Å²) >= 11 is -1.69. The number of oxime groups is 1. The number of carbonyl (C=O) groups is 3. The van der Waals surface area contributed by atoms with Crippen molar-refractivity contribution in [3.05, 3.63) is 59.7 Å². The monoisotopic (exact) mass is 569 g/mol. The molecule has 0 atom stereocenters. The van der Waals surface area contributed by atoms with Crippen LogP contribution in [0.2, 0.25) is 5.36 Å². The number of nitrogens with zero attached hydrogens (tertiary/aromatic N) is 2. The van der Waals surface area contributed by atoms with Gasteiger partial charge < -0.3 is 15.9 Å². The Balaban J connectivity index is 1.75. The summed E-state index contributed by atoms with van der Waals surface area (Å²) in [5.74, 6) is -0.674. The van der Waals surface area contributed by atoms with Crippen molar-refractivity contribution in [2.24, 2.45) is 20.7 Å². The Hall–Kier alpha value is -3.90. The minimum absolute atomic E-state index is 0.0494. The number of nitrogens with two attached hydrogens (primary N) is 2. The van der Waals surface area contributed by atoms with E-state index in [2.05, 4.69) is 19.8 Å². The summed E-state index contributed by atoms with van der Waals surface area (Å²) in [6, 6.07) is 13.4. The summed E-state index contributed by atoms with van der Waals surface area (Å²) in [5, 5.41) is 9.62. The third-order valence-electron chi connectivity index (χ3n) is 4.91. The van der Waals surface area contributed by atoms with Crippen LogP contribution in [0, 0.1) is 0 Å².